The monoisotopic (exact) mass is 359 g/mol. The van der Waals surface area contributed by atoms with Crippen LogP contribution >= 0.6 is 27.3 Å². The fourth-order valence-corrected chi connectivity index (χ4v) is 3.45. The Hall–Kier alpha value is -0.690. The van der Waals surface area contributed by atoms with E-state index in [1.54, 1.807) is 35.4 Å². The number of ether oxygens (including phenoxy) is 1. The molecule has 0 spiro atoms. The minimum atomic E-state index is -0.817. The largest absolute Gasteiger partial charge is 0.388 e. The number of amides is 1. The highest BCUT2D eigenvalue weighted by Gasteiger charge is 2.31. The number of rotatable bonds is 4. The summed E-state index contributed by atoms with van der Waals surface area (Å²) in [5.41, 5.74) is -0.817. The molecule has 0 aliphatic carbocycles. The number of halogens is 1. The van der Waals surface area contributed by atoms with Crippen LogP contribution in [-0.2, 0) is 9.53 Å². The Balaban J connectivity index is 1.90. The Labute approximate surface area is 131 Å². The molecule has 1 fully saturated rings. The van der Waals surface area contributed by atoms with Crippen LogP contribution in [0.5, 0.6) is 0 Å². The van der Waals surface area contributed by atoms with E-state index in [1.165, 1.54) is 0 Å². The van der Waals surface area contributed by atoms with Crippen molar-refractivity contribution < 1.29 is 14.6 Å². The fourth-order valence-electron chi connectivity index (χ4n) is 2.13. The van der Waals surface area contributed by atoms with Crippen molar-refractivity contribution in [1.29, 1.82) is 0 Å². The zero-order valence-electron chi connectivity index (χ0n) is 11.3. The molecule has 1 aliphatic rings. The first-order valence-electron chi connectivity index (χ1n) is 6.47. The zero-order chi connectivity index (χ0) is 14.6. The lowest BCUT2D eigenvalue weighted by molar-refractivity contribution is -0.131. The van der Waals surface area contributed by atoms with Gasteiger partial charge < -0.3 is 14.7 Å². The van der Waals surface area contributed by atoms with Gasteiger partial charge in [0.25, 0.3) is 0 Å². The molecule has 110 valence electrons. The summed E-state index contributed by atoms with van der Waals surface area (Å²) in [5, 5.41) is 10.4. The third-order valence-corrected chi connectivity index (χ3v) is 4.90. The Morgan fingerprint density at radius 2 is 2.25 bits per heavy atom. The third kappa shape index (κ3) is 4.41. The summed E-state index contributed by atoms with van der Waals surface area (Å²) >= 11 is 4.95. The highest BCUT2D eigenvalue weighted by molar-refractivity contribution is 9.11. The van der Waals surface area contributed by atoms with Crippen LogP contribution in [0.1, 0.15) is 17.7 Å². The second kappa shape index (κ2) is 6.85. The molecule has 0 radical (unpaired) electrons. The average Bonchev–Trinajstić information content (AvgIpc) is 2.82. The molecular weight excluding hydrogens is 342 g/mol. The van der Waals surface area contributed by atoms with Crippen molar-refractivity contribution >= 4 is 39.2 Å². The van der Waals surface area contributed by atoms with E-state index < -0.39 is 5.60 Å². The predicted molar refractivity (Wildman–Crippen MR) is 83.7 cm³/mol. The summed E-state index contributed by atoms with van der Waals surface area (Å²) in [6, 6.07) is 3.90. The van der Waals surface area contributed by atoms with Gasteiger partial charge in [-0.1, -0.05) is 0 Å². The third-order valence-electron chi connectivity index (χ3n) is 3.32. The van der Waals surface area contributed by atoms with E-state index in [2.05, 4.69) is 15.9 Å². The number of carbonyl (C=O) groups is 1. The van der Waals surface area contributed by atoms with E-state index >= 15 is 0 Å². The van der Waals surface area contributed by atoms with Gasteiger partial charge in [-0.2, -0.15) is 0 Å². The molecule has 1 saturated heterocycles. The van der Waals surface area contributed by atoms with Crippen LogP contribution in [0.3, 0.4) is 0 Å². The van der Waals surface area contributed by atoms with Crippen molar-refractivity contribution in [2.75, 3.05) is 26.8 Å². The number of hydrogen-bond acceptors (Lipinski definition) is 4. The van der Waals surface area contributed by atoms with Crippen LogP contribution < -0.4 is 0 Å². The van der Waals surface area contributed by atoms with Crippen molar-refractivity contribution in [3.8, 4) is 0 Å². The van der Waals surface area contributed by atoms with Gasteiger partial charge in [-0.15, -0.1) is 11.3 Å². The highest BCUT2D eigenvalue weighted by Crippen LogP contribution is 2.23. The quantitative estimate of drug-likeness (QED) is 0.840. The lowest BCUT2D eigenvalue weighted by atomic mass is 9.94. The van der Waals surface area contributed by atoms with Gasteiger partial charge in [-0.25, -0.2) is 0 Å². The Morgan fingerprint density at radius 1 is 1.55 bits per heavy atom. The Kier molecular flexibility index (Phi) is 5.37. The molecule has 6 heteroatoms. The van der Waals surface area contributed by atoms with E-state index in [4.69, 9.17) is 4.74 Å². The van der Waals surface area contributed by atoms with Gasteiger partial charge in [0.05, 0.1) is 9.39 Å². The number of carbonyl (C=O) groups excluding carboxylic acids is 1. The first-order valence-corrected chi connectivity index (χ1v) is 8.08. The predicted octanol–water partition coefficient (Wildman–Crippen LogP) is 2.52. The average molecular weight is 360 g/mol. The summed E-state index contributed by atoms with van der Waals surface area (Å²) in [6.07, 6.45) is 4.49. The summed E-state index contributed by atoms with van der Waals surface area (Å²) in [4.78, 5) is 14.6. The maximum atomic E-state index is 12.0. The molecule has 0 unspecified atom stereocenters. The molecular formula is C14H18BrNO3S. The molecule has 1 aromatic rings. The van der Waals surface area contributed by atoms with Crippen molar-refractivity contribution in [3.05, 3.63) is 26.9 Å². The molecule has 2 rings (SSSR count). The first-order chi connectivity index (χ1) is 9.48. The van der Waals surface area contributed by atoms with Gasteiger partial charge in [-0.3, -0.25) is 4.79 Å². The topological polar surface area (TPSA) is 49.8 Å². The molecule has 0 saturated carbocycles. The van der Waals surface area contributed by atoms with E-state index in [0.29, 0.717) is 32.6 Å². The lowest BCUT2D eigenvalue weighted by Crippen LogP contribution is -2.47. The molecule has 1 amide bonds. The normalized spacial score (nSPS) is 18.4. The minimum Gasteiger partial charge on any atom is -0.388 e. The van der Waals surface area contributed by atoms with E-state index in [-0.39, 0.29) is 5.91 Å². The van der Waals surface area contributed by atoms with Crippen molar-refractivity contribution in [1.82, 2.24) is 4.90 Å². The van der Waals surface area contributed by atoms with E-state index in [1.807, 2.05) is 12.1 Å². The van der Waals surface area contributed by atoms with E-state index in [9.17, 15) is 9.90 Å². The van der Waals surface area contributed by atoms with Gasteiger partial charge in [-0.05, 0) is 34.1 Å². The molecule has 0 aromatic carbocycles. The number of nitrogens with zero attached hydrogens (tertiary/aromatic N) is 1. The second-order valence-electron chi connectivity index (χ2n) is 5.01. The number of aliphatic hydroxyl groups is 1. The summed E-state index contributed by atoms with van der Waals surface area (Å²) in [6.45, 7) is 1.45. The van der Waals surface area contributed by atoms with Gasteiger partial charge in [0.15, 0.2) is 0 Å². The smallest absolute Gasteiger partial charge is 0.246 e. The molecule has 1 N–H and O–H groups in total. The van der Waals surface area contributed by atoms with Crippen LogP contribution in [0.4, 0.5) is 0 Å². The number of likely N-dealkylation sites (N-methyl/N-ethyl adjacent to an activating group) is 1. The maximum absolute atomic E-state index is 12.0. The summed E-state index contributed by atoms with van der Waals surface area (Å²) < 4.78 is 6.27. The Morgan fingerprint density at radius 3 is 2.85 bits per heavy atom. The van der Waals surface area contributed by atoms with Crippen molar-refractivity contribution in [2.24, 2.45) is 0 Å². The second-order valence-corrected chi connectivity index (χ2v) is 7.50. The van der Waals surface area contributed by atoms with Crippen molar-refractivity contribution in [2.45, 2.75) is 18.4 Å². The van der Waals surface area contributed by atoms with Crippen molar-refractivity contribution in [3.63, 3.8) is 0 Å². The van der Waals surface area contributed by atoms with Crippen LogP contribution in [-0.4, -0.2) is 48.3 Å². The number of thiophene rings is 1. The molecule has 2 heterocycles. The van der Waals surface area contributed by atoms with Crippen LogP contribution in [0.15, 0.2) is 22.0 Å². The van der Waals surface area contributed by atoms with Gasteiger partial charge in [0, 0.05) is 50.6 Å². The standard InChI is InChI=1S/C14H18BrNO3S/c1-16(10-14(18)6-8-19-9-7-14)13(17)5-3-11-2-4-12(15)20-11/h2-5,18H,6-10H2,1H3/b5-3+. The Bertz CT molecular complexity index is 494. The lowest BCUT2D eigenvalue weighted by Gasteiger charge is -2.35. The summed E-state index contributed by atoms with van der Waals surface area (Å²) in [7, 11) is 1.71. The fraction of sp³-hybridized carbons (Fsp3) is 0.500. The van der Waals surface area contributed by atoms with Crippen LogP contribution in [0, 0.1) is 0 Å². The number of hydrogen-bond donors (Lipinski definition) is 1. The van der Waals surface area contributed by atoms with Gasteiger partial charge in [0.2, 0.25) is 5.91 Å². The summed E-state index contributed by atoms with van der Waals surface area (Å²) in [5.74, 6) is -0.102. The zero-order valence-corrected chi connectivity index (χ0v) is 13.7. The molecule has 1 aromatic heterocycles. The SMILES string of the molecule is CN(CC1(O)CCOCC1)C(=O)/C=C/c1ccc(Br)s1. The maximum Gasteiger partial charge on any atom is 0.246 e. The molecule has 20 heavy (non-hydrogen) atoms. The van der Waals surface area contributed by atoms with Gasteiger partial charge >= 0.3 is 0 Å². The van der Waals surface area contributed by atoms with Gasteiger partial charge in [0.1, 0.15) is 0 Å². The molecule has 0 bridgehead atoms. The first kappa shape index (κ1) is 15.7. The molecule has 4 nitrogen and oxygen atoms in total. The molecule has 0 atom stereocenters. The molecule has 1 aliphatic heterocycles. The minimum absolute atomic E-state index is 0.102. The highest BCUT2D eigenvalue weighted by atomic mass is 79.9. The van der Waals surface area contributed by atoms with E-state index in [0.717, 1.165) is 8.66 Å². The van der Waals surface area contributed by atoms with Crippen LogP contribution in [0.2, 0.25) is 0 Å². The van der Waals surface area contributed by atoms with Crippen LogP contribution in [0.25, 0.3) is 6.08 Å².